The first kappa shape index (κ1) is 15.8. The highest BCUT2D eigenvalue weighted by Gasteiger charge is 2.50. The molecule has 1 atom stereocenters. The van der Waals surface area contributed by atoms with Crippen molar-refractivity contribution in [2.45, 2.75) is 38.1 Å². The standard InChI is InChI=1S/C18H24FN3O2/c19-15-12-20-7-2-16(15)21-9-6-18(13-21)5-1-8-22(17(18)23)14-3-10-24-11-4-14/h2,7,12,14H,1,3-6,8-11,13H2/t18-/m0/s1. The van der Waals surface area contributed by atoms with Crippen molar-refractivity contribution in [1.82, 2.24) is 9.88 Å². The monoisotopic (exact) mass is 333 g/mol. The number of halogens is 1. The van der Waals surface area contributed by atoms with Crippen molar-refractivity contribution in [3.8, 4) is 0 Å². The second-order valence-electron chi connectivity index (χ2n) is 7.22. The van der Waals surface area contributed by atoms with Crippen LogP contribution in [0.15, 0.2) is 18.5 Å². The van der Waals surface area contributed by atoms with E-state index in [9.17, 15) is 9.18 Å². The number of hydrogen-bond acceptors (Lipinski definition) is 4. The number of rotatable bonds is 2. The molecule has 3 aliphatic rings. The Morgan fingerprint density at radius 2 is 2.08 bits per heavy atom. The number of pyridine rings is 1. The number of amides is 1. The van der Waals surface area contributed by atoms with Gasteiger partial charge in [0.25, 0.3) is 0 Å². The number of anilines is 1. The van der Waals surface area contributed by atoms with Crippen LogP contribution in [0, 0.1) is 11.2 Å². The zero-order valence-electron chi connectivity index (χ0n) is 13.9. The molecule has 3 aliphatic heterocycles. The predicted molar refractivity (Wildman–Crippen MR) is 88.2 cm³/mol. The zero-order chi connectivity index (χ0) is 16.6. The lowest BCUT2D eigenvalue weighted by atomic mass is 9.77. The topological polar surface area (TPSA) is 45.7 Å². The van der Waals surface area contributed by atoms with E-state index < -0.39 is 0 Å². The van der Waals surface area contributed by atoms with Gasteiger partial charge in [-0.05, 0) is 38.2 Å². The van der Waals surface area contributed by atoms with E-state index in [0.29, 0.717) is 18.3 Å². The number of ether oxygens (including phenoxy) is 1. The third-order valence-electron chi connectivity index (χ3n) is 5.85. The van der Waals surface area contributed by atoms with E-state index in [2.05, 4.69) is 9.88 Å². The van der Waals surface area contributed by atoms with E-state index in [0.717, 1.165) is 58.4 Å². The Bertz CT molecular complexity index is 620. The molecule has 1 aromatic heterocycles. The third kappa shape index (κ3) is 2.66. The SMILES string of the molecule is O=C1N(C2CCOCC2)CCC[C@@]12CCN(c1ccncc1F)C2. The van der Waals surface area contributed by atoms with Crippen LogP contribution < -0.4 is 4.90 Å². The van der Waals surface area contributed by atoms with E-state index in [1.807, 2.05) is 4.90 Å². The maximum absolute atomic E-state index is 14.0. The minimum atomic E-state index is -0.341. The van der Waals surface area contributed by atoms with Gasteiger partial charge < -0.3 is 14.5 Å². The summed E-state index contributed by atoms with van der Waals surface area (Å²) in [5.41, 5.74) is 0.226. The molecule has 1 amide bonds. The lowest BCUT2D eigenvalue weighted by Crippen LogP contribution is -2.54. The maximum Gasteiger partial charge on any atom is 0.230 e. The Balaban J connectivity index is 1.52. The molecule has 0 N–H and O–H groups in total. The van der Waals surface area contributed by atoms with Crippen molar-refractivity contribution in [2.75, 3.05) is 37.7 Å². The maximum atomic E-state index is 14.0. The molecule has 6 heteroatoms. The Kier molecular flexibility index (Phi) is 4.16. The smallest absolute Gasteiger partial charge is 0.230 e. The Morgan fingerprint density at radius 3 is 2.88 bits per heavy atom. The van der Waals surface area contributed by atoms with Gasteiger partial charge in [-0.3, -0.25) is 9.78 Å². The van der Waals surface area contributed by atoms with Crippen LogP contribution in [0.4, 0.5) is 10.1 Å². The Labute approximate surface area is 141 Å². The van der Waals surface area contributed by atoms with Crippen LogP contribution in [0.1, 0.15) is 32.1 Å². The molecule has 1 aromatic rings. The second-order valence-corrected chi connectivity index (χ2v) is 7.22. The molecular weight excluding hydrogens is 309 g/mol. The molecular formula is C18H24FN3O2. The van der Waals surface area contributed by atoms with Crippen LogP contribution in [0.3, 0.4) is 0 Å². The number of carbonyl (C=O) groups is 1. The Hall–Kier alpha value is -1.69. The highest BCUT2D eigenvalue weighted by molar-refractivity contribution is 5.85. The largest absolute Gasteiger partial charge is 0.381 e. The first-order chi connectivity index (χ1) is 11.7. The fraction of sp³-hybridized carbons (Fsp3) is 0.667. The summed E-state index contributed by atoms with van der Waals surface area (Å²) in [5, 5.41) is 0. The average Bonchev–Trinajstić information content (AvgIpc) is 3.04. The summed E-state index contributed by atoms with van der Waals surface area (Å²) in [7, 11) is 0. The molecule has 5 nitrogen and oxygen atoms in total. The number of carbonyl (C=O) groups excluding carboxylic acids is 1. The fourth-order valence-electron chi connectivity index (χ4n) is 4.53. The van der Waals surface area contributed by atoms with Crippen molar-refractivity contribution in [1.29, 1.82) is 0 Å². The summed E-state index contributed by atoms with van der Waals surface area (Å²) < 4.78 is 19.5. The third-order valence-corrected chi connectivity index (χ3v) is 5.85. The minimum Gasteiger partial charge on any atom is -0.381 e. The molecule has 4 heterocycles. The highest BCUT2D eigenvalue weighted by Crippen LogP contribution is 2.43. The summed E-state index contributed by atoms with van der Waals surface area (Å²) in [5.74, 6) is -0.0308. The lowest BCUT2D eigenvalue weighted by molar-refractivity contribution is -0.149. The van der Waals surface area contributed by atoms with Crippen molar-refractivity contribution in [3.05, 3.63) is 24.3 Å². The normalized spacial score (nSPS) is 28.8. The van der Waals surface area contributed by atoms with Gasteiger partial charge in [-0.15, -0.1) is 0 Å². The summed E-state index contributed by atoms with van der Waals surface area (Å²) in [6.45, 7) is 3.70. The summed E-state index contributed by atoms with van der Waals surface area (Å²) in [6, 6.07) is 2.02. The summed E-state index contributed by atoms with van der Waals surface area (Å²) >= 11 is 0. The molecule has 0 unspecified atom stereocenters. The summed E-state index contributed by atoms with van der Waals surface area (Å²) in [6.07, 6.45) is 7.49. The van der Waals surface area contributed by atoms with Crippen LogP contribution in [0.2, 0.25) is 0 Å². The fourth-order valence-corrected chi connectivity index (χ4v) is 4.53. The van der Waals surface area contributed by atoms with Crippen molar-refractivity contribution in [2.24, 2.45) is 5.41 Å². The van der Waals surface area contributed by atoms with Crippen molar-refractivity contribution < 1.29 is 13.9 Å². The highest BCUT2D eigenvalue weighted by atomic mass is 19.1. The lowest BCUT2D eigenvalue weighted by Gasteiger charge is -2.44. The molecule has 24 heavy (non-hydrogen) atoms. The second kappa shape index (κ2) is 6.31. The summed E-state index contributed by atoms with van der Waals surface area (Å²) in [4.78, 5) is 21.2. The number of hydrogen-bond donors (Lipinski definition) is 0. The predicted octanol–water partition coefficient (Wildman–Crippen LogP) is 2.22. The van der Waals surface area contributed by atoms with Gasteiger partial charge in [-0.1, -0.05) is 0 Å². The van der Waals surface area contributed by atoms with Crippen molar-refractivity contribution >= 4 is 11.6 Å². The first-order valence-corrected chi connectivity index (χ1v) is 8.93. The van der Waals surface area contributed by atoms with Gasteiger partial charge >= 0.3 is 0 Å². The van der Waals surface area contributed by atoms with E-state index in [1.54, 1.807) is 12.3 Å². The molecule has 3 saturated heterocycles. The first-order valence-electron chi connectivity index (χ1n) is 8.93. The van der Waals surface area contributed by atoms with Crippen molar-refractivity contribution in [3.63, 3.8) is 0 Å². The molecule has 4 rings (SSSR count). The molecule has 0 saturated carbocycles. The average molecular weight is 333 g/mol. The molecule has 1 spiro atoms. The van der Waals surface area contributed by atoms with E-state index >= 15 is 0 Å². The van der Waals surface area contributed by atoms with Gasteiger partial charge in [0.2, 0.25) is 5.91 Å². The zero-order valence-corrected chi connectivity index (χ0v) is 13.9. The van der Waals surface area contributed by atoms with Crippen LogP contribution in [-0.2, 0) is 9.53 Å². The van der Waals surface area contributed by atoms with Gasteiger partial charge in [0.1, 0.15) is 0 Å². The minimum absolute atomic E-state index is 0.276. The van der Waals surface area contributed by atoms with E-state index in [4.69, 9.17) is 4.74 Å². The number of nitrogens with zero attached hydrogens (tertiary/aromatic N) is 3. The van der Waals surface area contributed by atoms with Gasteiger partial charge in [-0.2, -0.15) is 0 Å². The van der Waals surface area contributed by atoms with E-state index in [1.165, 1.54) is 6.20 Å². The number of piperidine rings is 1. The molecule has 0 radical (unpaired) electrons. The molecule has 0 aromatic carbocycles. The van der Waals surface area contributed by atoms with Gasteiger partial charge in [-0.25, -0.2) is 4.39 Å². The van der Waals surface area contributed by atoms with Gasteiger partial charge in [0.15, 0.2) is 5.82 Å². The van der Waals surface area contributed by atoms with Crippen LogP contribution in [0.25, 0.3) is 0 Å². The van der Waals surface area contributed by atoms with Gasteiger partial charge in [0, 0.05) is 45.1 Å². The van der Waals surface area contributed by atoms with Gasteiger partial charge in [0.05, 0.1) is 17.3 Å². The number of likely N-dealkylation sites (tertiary alicyclic amines) is 1. The van der Waals surface area contributed by atoms with Crippen LogP contribution in [0.5, 0.6) is 0 Å². The molecule has 3 fully saturated rings. The van der Waals surface area contributed by atoms with Crippen LogP contribution >= 0.6 is 0 Å². The number of aromatic nitrogens is 1. The van der Waals surface area contributed by atoms with E-state index in [-0.39, 0.29) is 17.1 Å². The molecule has 0 bridgehead atoms. The Morgan fingerprint density at radius 1 is 1.25 bits per heavy atom. The van der Waals surface area contributed by atoms with Crippen LogP contribution in [-0.4, -0.2) is 54.7 Å². The molecule has 0 aliphatic carbocycles. The molecule has 130 valence electrons. The quantitative estimate of drug-likeness (QED) is 0.832.